The van der Waals surface area contributed by atoms with Gasteiger partial charge in [0.25, 0.3) is 5.91 Å². The summed E-state index contributed by atoms with van der Waals surface area (Å²) in [4.78, 5) is 11.8. The number of benzene rings is 1. The number of hydrogen-bond acceptors (Lipinski definition) is 2. The molecule has 2 N–H and O–H groups in total. The first-order valence-electron chi connectivity index (χ1n) is 7.57. The molecule has 1 atom stereocenters. The van der Waals surface area contributed by atoms with Crippen molar-refractivity contribution in [2.75, 3.05) is 20.1 Å². The van der Waals surface area contributed by atoms with Crippen LogP contribution in [0.25, 0.3) is 0 Å². The van der Waals surface area contributed by atoms with Gasteiger partial charge < -0.3 is 10.6 Å². The second-order valence-electron chi connectivity index (χ2n) is 6.22. The van der Waals surface area contributed by atoms with Crippen LogP contribution in [0.15, 0.2) is 18.2 Å². The van der Waals surface area contributed by atoms with Crippen LogP contribution in [0.4, 0.5) is 0 Å². The highest BCUT2D eigenvalue weighted by Crippen LogP contribution is 2.41. The normalized spacial score (nSPS) is 20.3. The summed E-state index contributed by atoms with van der Waals surface area (Å²) in [5.74, 6) is 0.618. The molecule has 0 saturated heterocycles. The SMILES string of the molecule is CCNCC1CCc2ccc(C(=O)NC)cc2C1(C)C. The average Bonchev–Trinajstić information content (AvgIpc) is 2.45. The molecule has 2 rings (SSSR count). The summed E-state index contributed by atoms with van der Waals surface area (Å²) in [5, 5.41) is 6.18. The van der Waals surface area contributed by atoms with Gasteiger partial charge in [0.1, 0.15) is 0 Å². The lowest BCUT2D eigenvalue weighted by atomic mass is 9.65. The van der Waals surface area contributed by atoms with E-state index in [1.54, 1.807) is 7.05 Å². The van der Waals surface area contributed by atoms with E-state index >= 15 is 0 Å². The third kappa shape index (κ3) is 2.73. The van der Waals surface area contributed by atoms with E-state index in [9.17, 15) is 4.79 Å². The van der Waals surface area contributed by atoms with Crippen molar-refractivity contribution in [2.45, 2.75) is 39.0 Å². The van der Waals surface area contributed by atoms with Gasteiger partial charge in [-0.05, 0) is 60.5 Å². The van der Waals surface area contributed by atoms with Crippen molar-refractivity contribution in [2.24, 2.45) is 5.92 Å². The van der Waals surface area contributed by atoms with E-state index in [4.69, 9.17) is 0 Å². The van der Waals surface area contributed by atoms with Gasteiger partial charge in [0, 0.05) is 12.6 Å². The molecule has 0 fully saturated rings. The zero-order valence-corrected chi connectivity index (χ0v) is 13.0. The van der Waals surface area contributed by atoms with Crippen molar-refractivity contribution < 1.29 is 4.79 Å². The zero-order chi connectivity index (χ0) is 14.8. The van der Waals surface area contributed by atoms with Crippen molar-refractivity contribution in [1.29, 1.82) is 0 Å². The summed E-state index contributed by atoms with van der Waals surface area (Å²) in [7, 11) is 1.68. The van der Waals surface area contributed by atoms with E-state index in [-0.39, 0.29) is 11.3 Å². The molecule has 110 valence electrons. The van der Waals surface area contributed by atoms with Gasteiger partial charge in [-0.25, -0.2) is 0 Å². The van der Waals surface area contributed by atoms with Crippen LogP contribution in [-0.2, 0) is 11.8 Å². The molecule has 0 radical (unpaired) electrons. The Hall–Kier alpha value is -1.35. The lowest BCUT2D eigenvalue weighted by Gasteiger charge is -2.41. The van der Waals surface area contributed by atoms with Crippen LogP contribution < -0.4 is 10.6 Å². The highest BCUT2D eigenvalue weighted by molar-refractivity contribution is 5.94. The van der Waals surface area contributed by atoms with Crippen molar-refractivity contribution in [3.05, 3.63) is 34.9 Å². The second kappa shape index (κ2) is 5.96. The van der Waals surface area contributed by atoms with Crippen LogP contribution in [0.3, 0.4) is 0 Å². The number of rotatable bonds is 4. The molecule has 0 aliphatic heterocycles. The van der Waals surface area contributed by atoms with Gasteiger partial charge in [-0.2, -0.15) is 0 Å². The minimum absolute atomic E-state index is 0.00240. The maximum Gasteiger partial charge on any atom is 0.251 e. The minimum atomic E-state index is -0.00240. The number of nitrogens with one attached hydrogen (secondary N) is 2. The summed E-state index contributed by atoms with van der Waals surface area (Å²) in [5.41, 5.74) is 3.62. The Bertz CT molecular complexity index is 494. The van der Waals surface area contributed by atoms with Gasteiger partial charge in [-0.15, -0.1) is 0 Å². The third-order valence-electron chi connectivity index (χ3n) is 4.72. The quantitative estimate of drug-likeness (QED) is 0.885. The van der Waals surface area contributed by atoms with Gasteiger partial charge in [0.15, 0.2) is 0 Å². The molecule has 0 heterocycles. The van der Waals surface area contributed by atoms with Gasteiger partial charge >= 0.3 is 0 Å². The maximum atomic E-state index is 11.8. The van der Waals surface area contributed by atoms with E-state index < -0.39 is 0 Å². The van der Waals surface area contributed by atoms with E-state index in [1.807, 2.05) is 6.07 Å². The molecule has 1 aliphatic rings. The standard InChI is InChI=1S/C17H26N2O/c1-5-19-11-14-9-8-12-6-7-13(16(20)18-4)10-15(12)17(14,2)3/h6-7,10,14,19H,5,8-9,11H2,1-4H3,(H,18,20). The highest BCUT2D eigenvalue weighted by atomic mass is 16.1. The van der Waals surface area contributed by atoms with Crippen molar-refractivity contribution in [1.82, 2.24) is 10.6 Å². The molecule has 1 aromatic rings. The second-order valence-corrected chi connectivity index (χ2v) is 6.22. The van der Waals surface area contributed by atoms with Crippen LogP contribution in [0.5, 0.6) is 0 Å². The van der Waals surface area contributed by atoms with Crippen LogP contribution in [0, 0.1) is 5.92 Å². The summed E-state index contributed by atoms with van der Waals surface area (Å²) in [6, 6.07) is 6.16. The average molecular weight is 274 g/mol. The van der Waals surface area contributed by atoms with Crippen LogP contribution >= 0.6 is 0 Å². The number of carbonyl (C=O) groups excluding carboxylic acids is 1. The van der Waals surface area contributed by atoms with Gasteiger partial charge in [-0.3, -0.25) is 4.79 Å². The minimum Gasteiger partial charge on any atom is -0.355 e. The van der Waals surface area contributed by atoms with Crippen molar-refractivity contribution in [3.63, 3.8) is 0 Å². The molecule has 1 amide bonds. The molecule has 0 spiro atoms. The molecular formula is C17H26N2O. The van der Waals surface area contributed by atoms with E-state index in [0.717, 1.165) is 25.1 Å². The summed E-state index contributed by atoms with van der Waals surface area (Å²) in [6.07, 6.45) is 2.33. The predicted molar refractivity (Wildman–Crippen MR) is 83.2 cm³/mol. The van der Waals surface area contributed by atoms with Gasteiger partial charge in [0.05, 0.1) is 0 Å². The number of amides is 1. The first kappa shape index (κ1) is 15.0. The van der Waals surface area contributed by atoms with E-state index in [1.165, 1.54) is 17.5 Å². The number of carbonyl (C=O) groups is 1. The van der Waals surface area contributed by atoms with Crippen molar-refractivity contribution >= 4 is 5.91 Å². The number of aryl methyl sites for hydroxylation is 1. The smallest absolute Gasteiger partial charge is 0.251 e. The topological polar surface area (TPSA) is 41.1 Å². The molecule has 1 aromatic carbocycles. The molecular weight excluding hydrogens is 248 g/mol. The Kier molecular flexibility index (Phi) is 4.48. The third-order valence-corrected chi connectivity index (χ3v) is 4.72. The molecule has 0 aromatic heterocycles. The fraction of sp³-hybridized carbons (Fsp3) is 0.588. The Morgan fingerprint density at radius 2 is 2.15 bits per heavy atom. The molecule has 0 bridgehead atoms. The fourth-order valence-corrected chi connectivity index (χ4v) is 3.27. The Morgan fingerprint density at radius 1 is 1.40 bits per heavy atom. The van der Waals surface area contributed by atoms with Crippen LogP contribution in [0.2, 0.25) is 0 Å². The molecule has 3 heteroatoms. The zero-order valence-electron chi connectivity index (χ0n) is 13.0. The predicted octanol–water partition coefficient (Wildman–Crippen LogP) is 2.50. The fourth-order valence-electron chi connectivity index (χ4n) is 3.27. The highest BCUT2D eigenvalue weighted by Gasteiger charge is 2.36. The maximum absolute atomic E-state index is 11.8. The van der Waals surface area contributed by atoms with Crippen LogP contribution in [0.1, 0.15) is 48.7 Å². The number of hydrogen-bond donors (Lipinski definition) is 2. The monoisotopic (exact) mass is 274 g/mol. The van der Waals surface area contributed by atoms with Gasteiger partial charge in [0.2, 0.25) is 0 Å². The summed E-state index contributed by atoms with van der Waals surface area (Å²) in [6.45, 7) is 8.82. The molecule has 3 nitrogen and oxygen atoms in total. The van der Waals surface area contributed by atoms with E-state index in [2.05, 4.69) is 43.5 Å². The lowest BCUT2D eigenvalue weighted by Crippen LogP contribution is -2.40. The Labute approximate surface area is 122 Å². The first-order valence-corrected chi connectivity index (χ1v) is 7.57. The van der Waals surface area contributed by atoms with Crippen molar-refractivity contribution in [3.8, 4) is 0 Å². The summed E-state index contributed by atoms with van der Waals surface area (Å²) < 4.78 is 0. The molecule has 1 unspecified atom stereocenters. The van der Waals surface area contributed by atoms with E-state index in [0.29, 0.717) is 5.92 Å². The largest absolute Gasteiger partial charge is 0.355 e. The Balaban J connectivity index is 2.34. The summed E-state index contributed by atoms with van der Waals surface area (Å²) >= 11 is 0. The molecule has 1 aliphatic carbocycles. The number of fused-ring (bicyclic) bond motifs is 1. The molecule has 0 saturated carbocycles. The molecule has 20 heavy (non-hydrogen) atoms. The lowest BCUT2D eigenvalue weighted by molar-refractivity contribution is 0.0962. The Morgan fingerprint density at radius 3 is 2.80 bits per heavy atom. The van der Waals surface area contributed by atoms with Gasteiger partial charge in [-0.1, -0.05) is 26.8 Å². The first-order chi connectivity index (χ1) is 9.50. The van der Waals surface area contributed by atoms with Crippen LogP contribution in [-0.4, -0.2) is 26.0 Å².